The van der Waals surface area contributed by atoms with E-state index in [1.54, 1.807) is 12.1 Å². The van der Waals surface area contributed by atoms with Gasteiger partial charge in [-0.05, 0) is 50.8 Å². The number of imidazole rings is 1. The molecule has 1 saturated carbocycles. The largest absolute Gasteiger partial charge is 0.324 e. The summed E-state index contributed by atoms with van der Waals surface area (Å²) in [6, 6.07) is 4.96. The molecule has 21 heavy (non-hydrogen) atoms. The summed E-state index contributed by atoms with van der Waals surface area (Å²) in [6.45, 7) is 4.20. The number of nitrogens with two attached hydrogens (primary N) is 1. The lowest BCUT2D eigenvalue weighted by Gasteiger charge is -2.28. The first-order valence-electron chi connectivity index (χ1n) is 8.01. The standard InChI is InChI=1S/C17H24FN3/c1-11(2)21-15-10-13(18)8-9-14(15)20-17(21)16(19)12-6-4-3-5-7-12/h8-12,16H,3-7,19H2,1-2H3. The highest BCUT2D eigenvalue weighted by Gasteiger charge is 2.27. The normalized spacial score (nSPS) is 18.5. The van der Waals surface area contributed by atoms with Crippen molar-refractivity contribution in [2.75, 3.05) is 0 Å². The average molecular weight is 289 g/mol. The van der Waals surface area contributed by atoms with Crippen molar-refractivity contribution in [2.24, 2.45) is 11.7 Å². The van der Waals surface area contributed by atoms with Gasteiger partial charge in [0.05, 0.1) is 17.1 Å². The Kier molecular flexibility index (Phi) is 3.98. The van der Waals surface area contributed by atoms with E-state index in [1.165, 1.54) is 38.2 Å². The van der Waals surface area contributed by atoms with Gasteiger partial charge in [-0.1, -0.05) is 19.3 Å². The maximum Gasteiger partial charge on any atom is 0.127 e. The fourth-order valence-electron chi connectivity index (χ4n) is 3.57. The zero-order valence-electron chi connectivity index (χ0n) is 12.8. The molecular formula is C17H24FN3. The minimum Gasteiger partial charge on any atom is -0.324 e. The molecule has 2 aromatic rings. The van der Waals surface area contributed by atoms with Crippen molar-refractivity contribution in [3.63, 3.8) is 0 Å². The van der Waals surface area contributed by atoms with Crippen LogP contribution in [0.1, 0.15) is 63.9 Å². The van der Waals surface area contributed by atoms with E-state index in [-0.39, 0.29) is 17.9 Å². The molecule has 2 N–H and O–H groups in total. The number of nitrogens with zero attached hydrogens (tertiary/aromatic N) is 2. The minimum absolute atomic E-state index is 0.0526. The Bertz CT molecular complexity index is 626. The molecular weight excluding hydrogens is 265 g/mol. The SMILES string of the molecule is CC(C)n1c(C(N)C2CCCCC2)nc2ccc(F)cc21. The van der Waals surface area contributed by atoms with Crippen molar-refractivity contribution in [1.29, 1.82) is 0 Å². The first-order valence-corrected chi connectivity index (χ1v) is 8.01. The number of fused-ring (bicyclic) bond motifs is 1. The Hall–Kier alpha value is -1.42. The van der Waals surface area contributed by atoms with Crippen LogP contribution in [-0.4, -0.2) is 9.55 Å². The first-order chi connectivity index (χ1) is 10.1. The van der Waals surface area contributed by atoms with Crippen LogP contribution >= 0.6 is 0 Å². The molecule has 0 radical (unpaired) electrons. The number of hydrogen-bond acceptors (Lipinski definition) is 2. The van der Waals surface area contributed by atoms with E-state index < -0.39 is 0 Å². The van der Waals surface area contributed by atoms with Gasteiger partial charge in [0.15, 0.2) is 0 Å². The molecule has 0 saturated heterocycles. The van der Waals surface area contributed by atoms with Crippen LogP contribution in [-0.2, 0) is 0 Å². The Labute approximate surface area is 125 Å². The molecule has 1 atom stereocenters. The molecule has 1 fully saturated rings. The summed E-state index contributed by atoms with van der Waals surface area (Å²) in [6.07, 6.45) is 6.19. The molecule has 1 heterocycles. The number of benzene rings is 1. The van der Waals surface area contributed by atoms with Crippen molar-refractivity contribution in [1.82, 2.24) is 9.55 Å². The van der Waals surface area contributed by atoms with Gasteiger partial charge in [-0.3, -0.25) is 0 Å². The highest BCUT2D eigenvalue weighted by molar-refractivity contribution is 5.76. The van der Waals surface area contributed by atoms with E-state index in [9.17, 15) is 4.39 Å². The Morgan fingerprint density at radius 2 is 1.95 bits per heavy atom. The molecule has 1 aliphatic carbocycles. The van der Waals surface area contributed by atoms with Crippen molar-refractivity contribution >= 4 is 11.0 Å². The van der Waals surface area contributed by atoms with Gasteiger partial charge in [0, 0.05) is 6.04 Å². The highest BCUT2D eigenvalue weighted by Crippen LogP contribution is 2.35. The second kappa shape index (κ2) is 5.76. The Balaban J connectivity index is 2.06. The van der Waals surface area contributed by atoms with Gasteiger partial charge in [-0.15, -0.1) is 0 Å². The summed E-state index contributed by atoms with van der Waals surface area (Å²) >= 11 is 0. The summed E-state index contributed by atoms with van der Waals surface area (Å²) in [4.78, 5) is 4.72. The molecule has 1 aromatic carbocycles. The second-order valence-electron chi connectivity index (χ2n) is 6.49. The van der Waals surface area contributed by atoms with Gasteiger partial charge in [-0.2, -0.15) is 0 Å². The fourth-order valence-corrected chi connectivity index (χ4v) is 3.57. The van der Waals surface area contributed by atoms with Crippen LogP contribution in [0, 0.1) is 11.7 Å². The maximum atomic E-state index is 13.6. The van der Waals surface area contributed by atoms with Gasteiger partial charge >= 0.3 is 0 Å². The highest BCUT2D eigenvalue weighted by atomic mass is 19.1. The van der Waals surface area contributed by atoms with Crippen LogP contribution < -0.4 is 5.73 Å². The van der Waals surface area contributed by atoms with Crippen LogP contribution in [0.15, 0.2) is 18.2 Å². The predicted octanol–water partition coefficient (Wildman–Crippen LogP) is 4.34. The topological polar surface area (TPSA) is 43.8 Å². The van der Waals surface area contributed by atoms with Gasteiger partial charge in [0.2, 0.25) is 0 Å². The zero-order chi connectivity index (χ0) is 15.0. The second-order valence-corrected chi connectivity index (χ2v) is 6.49. The van der Waals surface area contributed by atoms with E-state index >= 15 is 0 Å². The lowest BCUT2D eigenvalue weighted by molar-refractivity contribution is 0.294. The monoisotopic (exact) mass is 289 g/mol. The van der Waals surface area contributed by atoms with Crippen LogP contribution in [0.25, 0.3) is 11.0 Å². The molecule has 0 spiro atoms. The Morgan fingerprint density at radius 1 is 1.24 bits per heavy atom. The van der Waals surface area contributed by atoms with E-state index in [0.29, 0.717) is 5.92 Å². The third kappa shape index (κ3) is 2.69. The summed E-state index contributed by atoms with van der Waals surface area (Å²) in [5, 5.41) is 0. The average Bonchev–Trinajstić information content (AvgIpc) is 2.86. The molecule has 3 nitrogen and oxygen atoms in total. The molecule has 3 rings (SSSR count). The van der Waals surface area contributed by atoms with Crippen molar-refractivity contribution in [2.45, 2.75) is 58.0 Å². The van der Waals surface area contributed by atoms with Crippen molar-refractivity contribution in [3.05, 3.63) is 29.8 Å². The lowest BCUT2D eigenvalue weighted by atomic mass is 9.84. The van der Waals surface area contributed by atoms with E-state index in [1.807, 2.05) is 0 Å². The van der Waals surface area contributed by atoms with Crippen LogP contribution in [0.2, 0.25) is 0 Å². The zero-order valence-corrected chi connectivity index (χ0v) is 12.8. The van der Waals surface area contributed by atoms with E-state index in [0.717, 1.165) is 16.9 Å². The fraction of sp³-hybridized carbons (Fsp3) is 0.588. The first kappa shape index (κ1) is 14.5. The van der Waals surface area contributed by atoms with Crippen LogP contribution in [0.5, 0.6) is 0 Å². The molecule has 4 heteroatoms. The summed E-state index contributed by atoms with van der Waals surface area (Å²) in [7, 11) is 0. The number of hydrogen-bond donors (Lipinski definition) is 1. The van der Waals surface area contributed by atoms with Crippen LogP contribution in [0.4, 0.5) is 4.39 Å². The van der Waals surface area contributed by atoms with Crippen molar-refractivity contribution < 1.29 is 4.39 Å². The smallest absolute Gasteiger partial charge is 0.127 e. The number of aromatic nitrogens is 2. The Morgan fingerprint density at radius 3 is 2.62 bits per heavy atom. The van der Waals surface area contributed by atoms with E-state index in [4.69, 9.17) is 10.7 Å². The third-order valence-corrected chi connectivity index (χ3v) is 4.65. The van der Waals surface area contributed by atoms with Gasteiger partial charge in [-0.25, -0.2) is 9.37 Å². The van der Waals surface area contributed by atoms with Gasteiger partial charge < -0.3 is 10.3 Å². The predicted molar refractivity (Wildman–Crippen MR) is 83.6 cm³/mol. The van der Waals surface area contributed by atoms with Gasteiger partial charge in [0.1, 0.15) is 11.6 Å². The van der Waals surface area contributed by atoms with E-state index in [2.05, 4.69) is 18.4 Å². The summed E-state index contributed by atoms with van der Waals surface area (Å²) in [5.74, 6) is 1.19. The van der Waals surface area contributed by atoms with Gasteiger partial charge in [0.25, 0.3) is 0 Å². The molecule has 1 unspecified atom stereocenters. The molecule has 0 amide bonds. The maximum absolute atomic E-state index is 13.6. The summed E-state index contributed by atoms with van der Waals surface area (Å²) in [5.41, 5.74) is 8.23. The molecule has 114 valence electrons. The molecule has 1 aromatic heterocycles. The third-order valence-electron chi connectivity index (χ3n) is 4.65. The van der Waals surface area contributed by atoms with Crippen LogP contribution in [0.3, 0.4) is 0 Å². The summed E-state index contributed by atoms with van der Waals surface area (Å²) < 4.78 is 15.7. The minimum atomic E-state index is -0.220. The number of rotatable bonds is 3. The molecule has 0 bridgehead atoms. The van der Waals surface area contributed by atoms with Crippen molar-refractivity contribution in [3.8, 4) is 0 Å². The molecule has 1 aliphatic rings. The quantitative estimate of drug-likeness (QED) is 0.913. The molecule has 0 aliphatic heterocycles. The number of halogens is 1. The lowest BCUT2D eigenvalue weighted by Crippen LogP contribution is -2.27.